The third-order valence-corrected chi connectivity index (χ3v) is 6.70. The van der Waals surface area contributed by atoms with Gasteiger partial charge in [-0.25, -0.2) is 4.98 Å². The van der Waals surface area contributed by atoms with Crippen molar-refractivity contribution in [3.63, 3.8) is 0 Å². The van der Waals surface area contributed by atoms with Crippen LogP contribution < -0.4 is 20.7 Å². The van der Waals surface area contributed by atoms with Crippen LogP contribution in [0.1, 0.15) is 42.5 Å². The maximum atomic E-state index is 12.7. The van der Waals surface area contributed by atoms with Gasteiger partial charge in [-0.2, -0.15) is 10.1 Å². The van der Waals surface area contributed by atoms with Gasteiger partial charge in [-0.3, -0.25) is 14.8 Å². The summed E-state index contributed by atoms with van der Waals surface area (Å²) in [5.41, 5.74) is 2.15. The number of nitrogens with one attached hydrogen (secondary N) is 3. The molecule has 1 aliphatic rings. The minimum Gasteiger partial charge on any atom is -0.405 e. The zero-order valence-electron chi connectivity index (χ0n) is 21.7. The summed E-state index contributed by atoms with van der Waals surface area (Å²) in [5.74, 6) is 0.0760. The van der Waals surface area contributed by atoms with Gasteiger partial charge in [0.15, 0.2) is 0 Å². The van der Waals surface area contributed by atoms with E-state index < -0.39 is 11.3 Å². The normalized spacial score (nSPS) is 17.6. The SMILES string of the molecule is Cc1nn(C)cc1CNC1CCC(CNc2nc(NCc3ccccc3OC(F)(F)F)ncc2[N+](=O)[O-])CC1. The van der Waals surface area contributed by atoms with Crippen LogP contribution in [-0.2, 0) is 20.1 Å². The topological polar surface area (TPSA) is 132 Å². The van der Waals surface area contributed by atoms with Crippen molar-refractivity contribution in [2.24, 2.45) is 13.0 Å². The first-order chi connectivity index (χ1) is 18.6. The summed E-state index contributed by atoms with van der Waals surface area (Å²) < 4.78 is 44.0. The summed E-state index contributed by atoms with van der Waals surface area (Å²) in [4.78, 5) is 19.1. The number of para-hydroxylation sites is 1. The van der Waals surface area contributed by atoms with E-state index in [0.717, 1.165) is 44.1 Å². The van der Waals surface area contributed by atoms with Crippen molar-refractivity contribution in [3.8, 4) is 5.75 Å². The number of nitrogens with zero attached hydrogens (tertiary/aromatic N) is 5. The van der Waals surface area contributed by atoms with Crippen molar-refractivity contribution in [2.45, 2.75) is 58.1 Å². The minimum absolute atomic E-state index is 0.0449. The standard InChI is InChI=1S/C25H31F3N8O3/c1-16-19(15-35(2)34-16)13-29-20-9-7-17(8-10-20)11-30-23-21(36(37)38)14-32-24(33-23)31-12-18-5-3-4-6-22(18)39-25(26,27)28/h3-6,14-15,17,20,29H,7-13H2,1-2H3,(H2,30,31,32,33). The van der Waals surface area contributed by atoms with E-state index >= 15 is 0 Å². The zero-order valence-corrected chi connectivity index (χ0v) is 21.7. The number of aromatic nitrogens is 4. The van der Waals surface area contributed by atoms with Gasteiger partial charge in [0.25, 0.3) is 0 Å². The van der Waals surface area contributed by atoms with Gasteiger partial charge in [-0.1, -0.05) is 18.2 Å². The molecular weight excluding hydrogens is 517 g/mol. The van der Waals surface area contributed by atoms with Crippen LogP contribution in [0.3, 0.4) is 0 Å². The highest BCUT2D eigenvalue weighted by Crippen LogP contribution is 2.29. The van der Waals surface area contributed by atoms with Crippen LogP contribution in [0.5, 0.6) is 5.75 Å². The number of rotatable bonds is 11. The highest BCUT2D eigenvalue weighted by molar-refractivity contribution is 5.57. The Hall–Kier alpha value is -3.94. The van der Waals surface area contributed by atoms with E-state index in [2.05, 4.69) is 35.8 Å². The van der Waals surface area contributed by atoms with Crippen molar-refractivity contribution in [1.29, 1.82) is 0 Å². The Morgan fingerprint density at radius 1 is 1.13 bits per heavy atom. The van der Waals surface area contributed by atoms with E-state index in [1.54, 1.807) is 6.07 Å². The van der Waals surface area contributed by atoms with Crippen molar-refractivity contribution in [3.05, 3.63) is 63.6 Å². The van der Waals surface area contributed by atoms with Crippen LogP contribution in [0.25, 0.3) is 0 Å². The Kier molecular flexibility index (Phi) is 8.84. The van der Waals surface area contributed by atoms with E-state index in [9.17, 15) is 23.3 Å². The van der Waals surface area contributed by atoms with E-state index in [0.29, 0.717) is 18.5 Å². The summed E-state index contributed by atoms with van der Waals surface area (Å²) in [6, 6.07) is 6.09. The predicted molar refractivity (Wildman–Crippen MR) is 138 cm³/mol. The molecule has 0 spiro atoms. The highest BCUT2D eigenvalue weighted by Gasteiger charge is 2.32. The van der Waals surface area contributed by atoms with Gasteiger partial charge in [-0.15, -0.1) is 13.2 Å². The number of anilines is 2. The molecule has 2 aromatic heterocycles. The number of halogens is 3. The van der Waals surface area contributed by atoms with Gasteiger partial charge < -0.3 is 20.7 Å². The van der Waals surface area contributed by atoms with Crippen LogP contribution in [0, 0.1) is 23.0 Å². The average molecular weight is 549 g/mol. The smallest absolute Gasteiger partial charge is 0.405 e. The second-order valence-electron chi connectivity index (χ2n) is 9.59. The molecule has 0 unspecified atom stereocenters. The molecule has 210 valence electrons. The number of benzene rings is 1. The molecule has 1 saturated carbocycles. The molecule has 2 heterocycles. The Bertz CT molecular complexity index is 1280. The zero-order chi connectivity index (χ0) is 28.0. The molecule has 0 amide bonds. The summed E-state index contributed by atoms with van der Waals surface area (Å²) >= 11 is 0. The fourth-order valence-electron chi connectivity index (χ4n) is 4.66. The molecular formula is C25H31F3N8O3. The monoisotopic (exact) mass is 548 g/mol. The first kappa shape index (κ1) is 28.1. The summed E-state index contributed by atoms with van der Waals surface area (Å²) in [5, 5.41) is 25.4. The van der Waals surface area contributed by atoms with Gasteiger partial charge in [-0.05, 0) is 44.6 Å². The maximum absolute atomic E-state index is 12.7. The molecule has 39 heavy (non-hydrogen) atoms. The second-order valence-corrected chi connectivity index (χ2v) is 9.59. The number of aryl methyl sites for hydroxylation is 2. The Morgan fingerprint density at radius 3 is 2.54 bits per heavy atom. The van der Waals surface area contributed by atoms with Gasteiger partial charge in [0.1, 0.15) is 11.9 Å². The molecule has 14 heteroatoms. The Morgan fingerprint density at radius 2 is 1.87 bits per heavy atom. The van der Waals surface area contributed by atoms with Gasteiger partial charge in [0.2, 0.25) is 11.8 Å². The molecule has 0 radical (unpaired) electrons. The molecule has 3 N–H and O–H groups in total. The van der Waals surface area contributed by atoms with E-state index in [1.807, 2.05) is 24.9 Å². The third-order valence-electron chi connectivity index (χ3n) is 6.70. The summed E-state index contributed by atoms with van der Waals surface area (Å²) in [6.45, 7) is 3.20. The lowest BCUT2D eigenvalue weighted by Crippen LogP contribution is -2.34. The molecule has 1 aliphatic carbocycles. The lowest BCUT2D eigenvalue weighted by Gasteiger charge is -2.29. The molecule has 0 aliphatic heterocycles. The lowest BCUT2D eigenvalue weighted by molar-refractivity contribution is -0.384. The van der Waals surface area contributed by atoms with E-state index in [-0.39, 0.29) is 35.3 Å². The van der Waals surface area contributed by atoms with Crippen LogP contribution in [0.4, 0.5) is 30.6 Å². The van der Waals surface area contributed by atoms with Crippen LogP contribution in [0.2, 0.25) is 0 Å². The van der Waals surface area contributed by atoms with Crippen LogP contribution in [-0.4, -0.2) is 43.6 Å². The van der Waals surface area contributed by atoms with Gasteiger partial charge >= 0.3 is 12.0 Å². The molecule has 0 atom stereocenters. The molecule has 0 bridgehead atoms. The quantitative estimate of drug-likeness (QED) is 0.230. The minimum atomic E-state index is -4.83. The fourth-order valence-corrected chi connectivity index (χ4v) is 4.66. The number of nitro groups is 1. The first-order valence-electron chi connectivity index (χ1n) is 12.6. The molecule has 0 saturated heterocycles. The van der Waals surface area contributed by atoms with Gasteiger partial charge in [0, 0.05) is 50.0 Å². The van der Waals surface area contributed by atoms with E-state index in [4.69, 9.17) is 0 Å². The van der Waals surface area contributed by atoms with Crippen molar-refractivity contribution < 1.29 is 22.8 Å². The number of hydrogen-bond donors (Lipinski definition) is 3. The molecule has 3 aromatic rings. The Balaban J connectivity index is 1.31. The number of hydrogen-bond acceptors (Lipinski definition) is 9. The highest BCUT2D eigenvalue weighted by atomic mass is 19.4. The molecule has 4 rings (SSSR count). The first-order valence-corrected chi connectivity index (χ1v) is 12.6. The molecule has 1 aromatic carbocycles. The fraction of sp³-hybridized carbons (Fsp3) is 0.480. The second kappa shape index (κ2) is 12.3. The van der Waals surface area contributed by atoms with Crippen LogP contribution >= 0.6 is 0 Å². The van der Waals surface area contributed by atoms with Crippen LogP contribution in [0.15, 0.2) is 36.7 Å². The molecule has 1 fully saturated rings. The van der Waals surface area contributed by atoms with Crippen molar-refractivity contribution >= 4 is 17.5 Å². The summed E-state index contributed by atoms with van der Waals surface area (Å²) in [6.07, 6.45) is 2.16. The predicted octanol–water partition coefficient (Wildman–Crippen LogP) is 4.70. The number of alkyl halides is 3. The van der Waals surface area contributed by atoms with Crippen molar-refractivity contribution in [1.82, 2.24) is 25.1 Å². The largest absolute Gasteiger partial charge is 0.573 e. The van der Waals surface area contributed by atoms with Gasteiger partial charge in [0.05, 0.1) is 10.6 Å². The third kappa shape index (κ3) is 8.02. The van der Waals surface area contributed by atoms with Crippen molar-refractivity contribution in [2.75, 3.05) is 17.2 Å². The van der Waals surface area contributed by atoms with E-state index in [1.165, 1.54) is 23.8 Å². The lowest BCUT2D eigenvalue weighted by atomic mass is 9.86. The average Bonchev–Trinajstić information content (AvgIpc) is 3.21. The Labute approximate surface area is 223 Å². The number of ether oxygens (including phenoxy) is 1. The maximum Gasteiger partial charge on any atom is 0.573 e. The molecule has 11 nitrogen and oxygen atoms in total. The summed E-state index contributed by atoms with van der Waals surface area (Å²) in [7, 11) is 1.91.